The predicted molar refractivity (Wildman–Crippen MR) is 98.5 cm³/mol. The van der Waals surface area contributed by atoms with Crippen LogP contribution in [0.1, 0.15) is 50.7 Å². The van der Waals surface area contributed by atoms with Gasteiger partial charge in [-0.15, -0.1) is 0 Å². The van der Waals surface area contributed by atoms with E-state index in [0.717, 1.165) is 0 Å². The van der Waals surface area contributed by atoms with Crippen LogP contribution in [0.5, 0.6) is 0 Å². The van der Waals surface area contributed by atoms with Crippen molar-refractivity contribution in [3.63, 3.8) is 0 Å². The van der Waals surface area contributed by atoms with Gasteiger partial charge in [-0.1, -0.05) is 23.4 Å². The summed E-state index contributed by atoms with van der Waals surface area (Å²) in [5.74, 6) is 1.28. The molecule has 1 aliphatic rings. The van der Waals surface area contributed by atoms with Crippen LogP contribution < -0.4 is 5.32 Å². The summed E-state index contributed by atoms with van der Waals surface area (Å²) in [5.41, 5.74) is 0.800. The molecular formula is C19H20N6O3. The molecule has 1 saturated heterocycles. The number of nitrogens with one attached hydrogen (secondary N) is 2. The molecule has 0 radical (unpaired) electrons. The van der Waals surface area contributed by atoms with Crippen LogP contribution in [0, 0.1) is 13.8 Å². The zero-order valence-corrected chi connectivity index (χ0v) is 15.5. The van der Waals surface area contributed by atoms with E-state index < -0.39 is 0 Å². The molecule has 1 aliphatic heterocycles. The van der Waals surface area contributed by atoms with Gasteiger partial charge in [-0.05, 0) is 32.4 Å². The van der Waals surface area contributed by atoms with Crippen molar-refractivity contribution in [3.8, 4) is 0 Å². The summed E-state index contributed by atoms with van der Waals surface area (Å²) in [6, 6.07) is 9.98. The Morgan fingerprint density at radius 2 is 2.04 bits per heavy atom. The quantitative estimate of drug-likeness (QED) is 0.713. The Balaban J connectivity index is 1.56. The topological polar surface area (TPSA) is 117 Å². The largest absolute Gasteiger partial charge is 0.361 e. The van der Waals surface area contributed by atoms with Crippen LogP contribution in [-0.4, -0.2) is 49.6 Å². The number of aromatic amines is 1. The summed E-state index contributed by atoms with van der Waals surface area (Å²) in [6.07, 6.45) is 0.512. The van der Waals surface area contributed by atoms with Gasteiger partial charge in [0.1, 0.15) is 11.6 Å². The highest BCUT2D eigenvalue weighted by molar-refractivity contribution is 5.95. The second kappa shape index (κ2) is 7.26. The average Bonchev–Trinajstić information content (AvgIpc) is 3.42. The first-order valence-electron chi connectivity index (χ1n) is 9.00. The highest BCUT2D eigenvalue weighted by Crippen LogP contribution is 2.31. The number of nitrogens with zero attached hydrogens (tertiary/aromatic N) is 4. The Hall–Kier alpha value is -3.49. The zero-order chi connectivity index (χ0) is 19.7. The lowest BCUT2D eigenvalue weighted by Crippen LogP contribution is -2.38. The van der Waals surface area contributed by atoms with Crippen LogP contribution in [0.2, 0.25) is 0 Å². The van der Waals surface area contributed by atoms with Gasteiger partial charge >= 0.3 is 0 Å². The zero-order valence-electron chi connectivity index (χ0n) is 15.5. The molecule has 0 bridgehead atoms. The van der Waals surface area contributed by atoms with E-state index in [9.17, 15) is 9.59 Å². The second-order valence-electron chi connectivity index (χ2n) is 6.85. The Bertz CT molecular complexity index is 996. The molecule has 2 amide bonds. The minimum absolute atomic E-state index is 0.179. The van der Waals surface area contributed by atoms with Crippen molar-refractivity contribution >= 4 is 11.8 Å². The fraction of sp³-hybridized carbons (Fsp3) is 0.316. The molecule has 0 saturated carbocycles. The SMILES string of the molecule is Cc1nc([C@@H]2C[C@H](NC(=O)c3ccccc3)CN2C(=O)c2cc(C)on2)n[nH]1. The maximum atomic E-state index is 13.0. The Morgan fingerprint density at radius 3 is 2.68 bits per heavy atom. The number of H-pyrrole nitrogens is 1. The van der Waals surface area contributed by atoms with Crippen LogP contribution in [0.25, 0.3) is 0 Å². The normalized spacial score (nSPS) is 19.0. The molecule has 1 aromatic carbocycles. The number of aromatic nitrogens is 4. The van der Waals surface area contributed by atoms with Crippen LogP contribution in [0.15, 0.2) is 40.9 Å². The summed E-state index contributed by atoms with van der Waals surface area (Å²) in [6.45, 7) is 3.86. The number of aryl methyl sites for hydroxylation is 2. The number of likely N-dealkylation sites (tertiary alicyclic amines) is 1. The molecule has 2 aromatic heterocycles. The molecule has 3 aromatic rings. The Labute approximate surface area is 161 Å². The molecule has 144 valence electrons. The third-order valence-electron chi connectivity index (χ3n) is 4.69. The van der Waals surface area contributed by atoms with Crippen molar-refractivity contribution in [2.75, 3.05) is 6.54 Å². The molecule has 0 aliphatic carbocycles. The molecule has 9 nitrogen and oxygen atoms in total. The van der Waals surface area contributed by atoms with E-state index in [1.54, 1.807) is 36.9 Å². The third-order valence-corrected chi connectivity index (χ3v) is 4.69. The number of carbonyl (C=O) groups excluding carboxylic acids is 2. The number of carbonyl (C=O) groups is 2. The molecule has 28 heavy (non-hydrogen) atoms. The minimum Gasteiger partial charge on any atom is -0.361 e. The summed E-state index contributed by atoms with van der Waals surface area (Å²) < 4.78 is 5.03. The van der Waals surface area contributed by atoms with Crippen molar-refractivity contribution in [3.05, 3.63) is 65.1 Å². The van der Waals surface area contributed by atoms with Gasteiger partial charge in [0.15, 0.2) is 11.5 Å². The maximum absolute atomic E-state index is 13.0. The third kappa shape index (κ3) is 3.51. The first kappa shape index (κ1) is 17.9. The van der Waals surface area contributed by atoms with Crippen LogP contribution in [-0.2, 0) is 0 Å². The second-order valence-corrected chi connectivity index (χ2v) is 6.85. The Morgan fingerprint density at radius 1 is 1.25 bits per heavy atom. The molecule has 3 heterocycles. The first-order valence-corrected chi connectivity index (χ1v) is 9.00. The number of benzene rings is 1. The number of rotatable bonds is 4. The molecule has 4 rings (SSSR count). The van der Waals surface area contributed by atoms with Gasteiger partial charge < -0.3 is 14.7 Å². The molecular weight excluding hydrogens is 360 g/mol. The summed E-state index contributed by atoms with van der Waals surface area (Å²) >= 11 is 0. The molecule has 0 spiro atoms. The molecule has 1 fully saturated rings. The maximum Gasteiger partial charge on any atom is 0.276 e. The highest BCUT2D eigenvalue weighted by atomic mass is 16.5. The molecule has 2 N–H and O–H groups in total. The minimum atomic E-state index is -0.365. The van der Waals surface area contributed by atoms with Gasteiger partial charge in [-0.3, -0.25) is 14.7 Å². The van der Waals surface area contributed by atoms with Crippen LogP contribution >= 0.6 is 0 Å². The van der Waals surface area contributed by atoms with Gasteiger partial charge in [0, 0.05) is 24.2 Å². The fourth-order valence-corrected chi connectivity index (χ4v) is 3.39. The van der Waals surface area contributed by atoms with Gasteiger partial charge in [0.25, 0.3) is 11.8 Å². The molecule has 0 unspecified atom stereocenters. The highest BCUT2D eigenvalue weighted by Gasteiger charge is 2.40. The van der Waals surface area contributed by atoms with Gasteiger partial charge in [0.2, 0.25) is 0 Å². The number of hydrogen-bond acceptors (Lipinski definition) is 6. The van der Waals surface area contributed by atoms with Crippen LogP contribution in [0.4, 0.5) is 0 Å². The smallest absolute Gasteiger partial charge is 0.276 e. The van der Waals surface area contributed by atoms with E-state index >= 15 is 0 Å². The van der Waals surface area contributed by atoms with Gasteiger partial charge in [-0.2, -0.15) is 5.10 Å². The van der Waals surface area contributed by atoms with Crippen molar-refractivity contribution in [2.45, 2.75) is 32.4 Å². The summed E-state index contributed by atoms with van der Waals surface area (Å²) in [5, 5.41) is 13.9. The number of hydrogen-bond donors (Lipinski definition) is 2. The first-order chi connectivity index (χ1) is 13.5. The standard InChI is InChI=1S/C19H20N6O3/c1-11-8-15(24-28-11)19(27)25-10-14(9-16(25)17-20-12(2)22-23-17)21-18(26)13-6-4-3-5-7-13/h3-8,14,16H,9-10H2,1-2H3,(H,21,26)(H,20,22,23)/t14-,16-/m0/s1. The van der Waals surface area contributed by atoms with Crippen molar-refractivity contribution in [2.24, 2.45) is 0 Å². The average molecular weight is 380 g/mol. The lowest BCUT2D eigenvalue weighted by Gasteiger charge is -2.21. The predicted octanol–water partition coefficient (Wildman–Crippen LogP) is 1.80. The van der Waals surface area contributed by atoms with Gasteiger partial charge in [0.05, 0.1) is 6.04 Å². The molecule has 9 heteroatoms. The van der Waals surface area contributed by atoms with E-state index in [1.807, 2.05) is 18.2 Å². The summed E-state index contributed by atoms with van der Waals surface area (Å²) in [4.78, 5) is 31.5. The summed E-state index contributed by atoms with van der Waals surface area (Å²) in [7, 11) is 0. The van der Waals surface area contributed by atoms with E-state index in [0.29, 0.717) is 35.9 Å². The number of amides is 2. The Kier molecular flexibility index (Phi) is 4.64. The van der Waals surface area contributed by atoms with Gasteiger partial charge in [-0.25, -0.2) is 4.98 Å². The molecule has 2 atom stereocenters. The van der Waals surface area contributed by atoms with E-state index in [2.05, 4.69) is 25.7 Å². The lowest BCUT2D eigenvalue weighted by molar-refractivity contribution is 0.0714. The van der Waals surface area contributed by atoms with Crippen molar-refractivity contribution < 1.29 is 14.1 Å². The van der Waals surface area contributed by atoms with E-state index in [4.69, 9.17) is 4.52 Å². The lowest BCUT2D eigenvalue weighted by atomic mass is 10.1. The fourth-order valence-electron chi connectivity index (χ4n) is 3.39. The van der Waals surface area contributed by atoms with Crippen molar-refractivity contribution in [1.82, 2.24) is 30.6 Å². The van der Waals surface area contributed by atoms with E-state index in [1.165, 1.54) is 0 Å². The van der Waals surface area contributed by atoms with Crippen LogP contribution in [0.3, 0.4) is 0 Å². The monoisotopic (exact) mass is 380 g/mol. The van der Waals surface area contributed by atoms with E-state index in [-0.39, 0.29) is 29.6 Å². The van der Waals surface area contributed by atoms with Crippen molar-refractivity contribution in [1.29, 1.82) is 0 Å².